The van der Waals surface area contributed by atoms with Crippen LogP contribution >= 0.6 is 0 Å². The molecule has 0 N–H and O–H groups in total. The van der Waals surface area contributed by atoms with E-state index in [0.717, 1.165) is 29.0 Å². The third-order valence-corrected chi connectivity index (χ3v) is 5.91. The minimum Gasteiger partial charge on any atom is -0.489 e. The Morgan fingerprint density at radius 2 is 1.79 bits per heavy atom. The fourth-order valence-corrected chi connectivity index (χ4v) is 4.03. The van der Waals surface area contributed by atoms with Crippen molar-refractivity contribution in [1.29, 1.82) is 0 Å². The normalized spacial score (nSPS) is 15.7. The summed E-state index contributed by atoms with van der Waals surface area (Å²) in [5.74, 6) is 1.75. The smallest absolute Gasteiger partial charge is 0.232 e. The highest BCUT2D eigenvalue weighted by Gasteiger charge is 2.35. The summed E-state index contributed by atoms with van der Waals surface area (Å²) < 4.78 is 11.4. The molecule has 1 atom stereocenters. The summed E-state index contributed by atoms with van der Waals surface area (Å²) >= 11 is 0. The zero-order chi connectivity index (χ0) is 22.6. The molecule has 6 nitrogen and oxygen atoms in total. The first-order valence-corrected chi connectivity index (χ1v) is 11.2. The van der Waals surface area contributed by atoms with Crippen LogP contribution in [0.5, 0.6) is 5.75 Å². The lowest BCUT2D eigenvalue weighted by atomic mass is 10.1. The summed E-state index contributed by atoms with van der Waals surface area (Å²) in [5.41, 5.74) is 4.09. The fourth-order valence-electron chi connectivity index (χ4n) is 4.03. The highest BCUT2D eigenvalue weighted by Crippen LogP contribution is 2.32. The maximum absolute atomic E-state index is 12.7. The topological polar surface area (TPSA) is 68.5 Å². The summed E-state index contributed by atoms with van der Waals surface area (Å²) in [7, 11) is 0. The second-order valence-electron chi connectivity index (χ2n) is 8.18. The van der Waals surface area contributed by atoms with Gasteiger partial charge >= 0.3 is 0 Å². The summed E-state index contributed by atoms with van der Waals surface area (Å²) in [6.07, 6.45) is 1.30. The van der Waals surface area contributed by atoms with Gasteiger partial charge < -0.3 is 14.2 Å². The number of rotatable bonds is 7. The van der Waals surface area contributed by atoms with Crippen molar-refractivity contribution in [2.24, 2.45) is 0 Å². The first kappa shape index (κ1) is 20.9. The predicted molar refractivity (Wildman–Crippen MR) is 126 cm³/mol. The van der Waals surface area contributed by atoms with E-state index in [2.05, 4.69) is 29.2 Å². The number of benzene rings is 3. The van der Waals surface area contributed by atoms with Gasteiger partial charge in [-0.05, 0) is 53.9 Å². The monoisotopic (exact) mass is 439 g/mol. The van der Waals surface area contributed by atoms with E-state index < -0.39 is 0 Å². The van der Waals surface area contributed by atoms with Gasteiger partial charge in [0, 0.05) is 24.2 Å². The van der Waals surface area contributed by atoms with Crippen LogP contribution < -0.4 is 9.64 Å². The molecule has 0 radical (unpaired) electrons. The molecule has 1 saturated heterocycles. The van der Waals surface area contributed by atoms with Crippen molar-refractivity contribution in [3.05, 3.63) is 95.9 Å². The molecule has 3 aromatic carbocycles. The summed E-state index contributed by atoms with van der Waals surface area (Å²) in [4.78, 5) is 19.1. The van der Waals surface area contributed by atoms with Crippen LogP contribution in [0.4, 0.5) is 5.69 Å². The third kappa shape index (κ3) is 4.65. The molecule has 0 spiro atoms. The molecule has 2 heterocycles. The Morgan fingerprint density at radius 1 is 1.00 bits per heavy atom. The number of amides is 1. The third-order valence-electron chi connectivity index (χ3n) is 5.91. The zero-order valence-corrected chi connectivity index (χ0v) is 18.5. The molecule has 1 amide bonds. The quantitative estimate of drug-likeness (QED) is 0.386. The molecule has 5 rings (SSSR count). The second-order valence-corrected chi connectivity index (χ2v) is 8.18. The van der Waals surface area contributed by atoms with E-state index in [4.69, 9.17) is 9.26 Å². The van der Waals surface area contributed by atoms with E-state index in [-0.39, 0.29) is 11.8 Å². The molecule has 0 aliphatic carbocycles. The van der Waals surface area contributed by atoms with Gasteiger partial charge in [-0.15, -0.1) is 0 Å². The SMILES string of the molecule is CCc1cccc(N2CC(c3nc(-c4ccc(OCc5ccccc5)cc4)no3)CC2=O)c1. The molecule has 1 aromatic heterocycles. The van der Waals surface area contributed by atoms with E-state index >= 15 is 0 Å². The van der Waals surface area contributed by atoms with Crippen LogP contribution in [-0.4, -0.2) is 22.6 Å². The van der Waals surface area contributed by atoms with Crippen molar-refractivity contribution in [2.75, 3.05) is 11.4 Å². The van der Waals surface area contributed by atoms with Crippen molar-refractivity contribution >= 4 is 11.6 Å². The number of aryl methyl sites for hydroxylation is 1. The van der Waals surface area contributed by atoms with Gasteiger partial charge in [-0.25, -0.2) is 0 Å². The van der Waals surface area contributed by atoms with Gasteiger partial charge in [0.2, 0.25) is 17.6 Å². The summed E-state index contributed by atoms with van der Waals surface area (Å²) in [6, 6.07) is 25.8. The van der Waals surface area contributed by atoms with E-state index in [1.54, 1.807) is 0 Å². The average molecular weight is 440 g/mol. The average Bonchev–Trinajstić information content (AvgIpc) is 3.51. The van der Waals surface area contributed by atoms with Gasteiger partial charge in [-0.1, -0.05) is 54.5 Å². The number of nitrogens with zero attached hydrogens (tertiary/aromatic N) is 3. The van der Waals surface area contributed by atoms with E-state index in [1.807, 2.05) is 71.6 Å². The van der Waals surface area contributed by atoms with Crippen LogP contribution in [0.15, 0.2) is 83.4 Å². The standard InChI is InChI=1S/C27H25N3O3/c1-2-19-9-6-10-23(15-19)30-17-22(16-25(30)31)27-28-26(29-33-27)21-11-13-24(14-12-21)32-18-20-7-4-3-5-8-20/h3-15,22H,2,16-18H2,1H3. The maximum atomic E-state index is 12.7. The number of aromatic nitrogens is 2. The minimum atomic E-state index is -0.113. The number of carbonyl (C=O) groups excluding carboxylic acids is 1. The van der Waals surface area contributed by atoms with Crippen molar-refractivity contribution in [3.8, 4) is 17.1 Å². The van der Waals surface area contributed by atoms with Crippen molar-refractivity contribution < 1.29 is 14.1 Å². The van der Waals surface area contributed by atoms with E-state index in [9.17, 15) is 4.79 Å². The van der Waals surface area contributed by atoms with Gasteiger partial charge in [0.1, 0.15) is 12.4 Å². The van der Waals surface area contributed by atoms with Gasteiger partial charge in [0.05, 0.1) is 5.92 Å². The van der Waals surface area contributed by atoms with Gasteiger partial charge in [0.15, 0.2) is 0 Å². The lowest BCUT2D eigenvalue weighted by molar-refractivity contribution is -0.117. The molecule has 4 aromatic rings. The number of carbonyl (C=O) groups is 1. The molecule has 166 valence electrons. The fraction of sp³-hybridized carbons (Fsp3) is 0.222. The lowest BCUT2D eigenvalue weighted by Gasteiger charge is -2.16. The molecule has 33 heavy (non-hydrogen) atoms. The van der Waals surface area contributed by atoms with E-state index in [0.29, 0.717) is 31.3 Å². The highest BCUT2D eigenvalue weighted by molar-refractivity contribution is 5.96. The highest BCUT2D eigenvalue weighted by atomic mass is 16.5. The summed E-state index contributed by atoms with van der Waals surface area (Å²) in [6.45, 7) is 3.16. The maximum Gasteiger partial charge on any atom is 0.232 e. The van der Waals surface area contributed by atoms with Crippen LogP contribution in [-0.2, 0) is 17.8 Å². The van der Waals surface area contributed by atoms with Crippen molar-refractivity contribution in [2.45, 2.75) is 32.3 Å². The Bertz CT molecular complexity index is 1230. The number of hydrogen-bond acceptors (Lipinski definition) is 5. The van der Waals surface area contributed by atoms with Gasteiger partial charge in [-0.3, -0.25) is 4.79 Å². The lowest BCUT2D eigenvalue weighted by Crippen LogP contribution is -2.24. The Hall–Kier alpha value is -3.93. The van der Waals surface area contributed by atoms with Crippen molar-refractivity contribution in [1.82, 2.24) is 10.1 Å². The van der Waals surface area contributed by atoms with Gasteiger partial charge in [0.25, 0.3) is 0 Å². The van der Waals surface area contributed by atoms with E-state index in [1.165, 1.54) is 5.56 Å². The number of hydrogen-bond donors (Lipinski definition) is 0. The second kappa shape index (κ2) is 9.28. The Balaban J connectivity index is 1.25. The number of ether oxygens (including phenoxy) is 1. The molecule has 0 saturated carbocycles. The van der Waals surface area contributed by atoms with Crippen LogP contribution in [0.25, 0.3) is 11.4 Å². The molecule has 1 unspecified atom stereocenters. The van der Waals surface area contributed by atoms with Crippen molar-refractivity contribution in [3.63, 3.8) is 0 Å². The van der Waals surface area contributed by atoms with Crippen LogP contribution in [0, 0.1) is 0 Å². The molecule has 6 heteroatoms. The zero-order valence-electron chi connectivity index (χ0n) is 18.5. The van der Waals surface area contributed by atoms with Crippen LogP contribution in [0.1, 0.15) is 36.3 Å². The molecule has 0 bridgehead atoms. The molecular formula is C27H25N3O3. The van der Waals surface area contributed by atoms with Gasteiger partial charge in [-0.2, -0.15) is 4.98 Å². The molecular weight excluding hydrogens is 414 g/mol. The Labute approximate surface area is 192 Å². The summed E-state index contributed by atoms with van der Waals surface area (Å²) in [5, 5.41) is 4.15. The Morgan fingerprint density at radius 3 is 2.58 bits per heavy atom. The molecule has 1 fully saturated rings. The molecule has 1 aliphatic rings. The minimum absolute atomic E-state index is 0.0768. The Kier molecular flexibility index (Phi) is 5.89. The van der Waals surface area contributed by atoms with Crippen LogP contribution in [0.3, 0.4) is 0 Å². The first-order chi connectivity index (χ1) is 16.2. The molecule has 1 aliphatic heterocycles. The number of anilines is 1. The largest absolute Gasteiger partial charge is 0.489 e. The van der Waals surface area contributed by atoms with Crippen LogP contribution in [0.2, 0.25) is 0 Å². The first-order valence-electron chi connectivity index (χ1n) is 11.2. The predicted octanol–water partition coefficient (Wildman–Crippen LogP) is 5.40.